The summed E-state index contributed by atoms with van der Waals surface area (Å²) in [6.07, 6.45) is 6.78. The Kier molecular flexibility index (Phi) is 5.37. The van der Waals surface area contributed by atoms with Gasteiger partial charge in [-0.3, -0.25) is 0 Å². The van der Waals surface area contributed by atoms with E-state index < -0.39 is 11.6 Å². The Hall–Kier alpha value is -0.440. The van der Waals surface area contributed by atoms with Crippen molar-refractivity contribution in [3.8, 4) is 0 Å². The van der Waals surface area contributed by atoms with Crippen LogP contribution in [0.15, 0.2) is 18.2 Å². The van der Waals surface area contributed by atoms with Crippen LogP contribution in [0.1, 0.15) is 44.6 Å². The van der Waals surface area contributed by atoms with Crippen LogP contribution in [0.25, 0.3) is 0 Å². The monoisotopic (exact) mass is 330 g/mol. The summed E-state index contributed by atoms with van der Waals surface area (Å²) in [5.41, 5.74) is 0.646. The zero-order valence-corrected chi connectivity index (χ0v) is 12.9. The minimum absolute atomic E-state index is 0.405. The summed E-state index contributed by atoms with van der Waals surface area (Å²) in [5, 5.41) is 0. The fourth-order valence-electron chi connectivity index (χ4n) is 3.18. The molecule has 0 radical (unpaired) electrons. The van der Waals surface area contributed by atoms with Crippen LogP contribution in [0.2, 0.25) is 0 Å². The van der Waals surface area contributed by atoms with Gasteiger partial charge in [-0.15, -0.1) is 0 Å². The van der Waals surface area contributed by atoms with E-state index in [1.807, 2.05) is 0 Å². The van der Waals surface area contributed by atoms with Gasteiger partial charge < -0.3 is 0 Å². The molecule has 3 heteroatoms. The Morgan fingerprint density at radius 1 is 1.26 bits per heavy atom. The molecular formula is C16H21BrF2. The highest BCUT2D eigenvalue weighted by Gasteiger charge is 2.29. The van der Waals surface area contributed by atoms with Gasteiger partial charge in [-0.2, -0.15) is 0 Å². The van der Waals surface area contributed by atoms with Gasteiger partial charge in [-0.25, -0.2) is 8.78 Å². The average Bonchev–Trinajstić information content (AvgIpc) is 2.37. The third kappa shape index (κ3) is 4.01. The van der Waals surface area contributed by atoms with Gasteiger partial charge in [0.05, 0.1) is 0 Å². The van der Waals surface area contributed by atoms with Gasteiger partial charge in [0.15, 0.2) is 0 Å². The van der Waals surface area contributed by atoms with Crippen LogP contribution in [-0.4, -0.2) is 4.83 Å². The van der Waals surface area contributed by atoms with Crippen molar-refractivity contribution in [2.24, 2.45) is 11.8 Å². The van der Waals surface area contributed by atoms with Crippen LogP contribution in [0.4, 0.5) is 8.78 Å². The first kappa shape index (κ1) is 15.0. The number of rotatable bonds is 4. The van der Waals surface area contributed by atoms with Crippen molar-refractivity contribution in [2.45, 2.75) is 50.3 Å². The molecule has 1 fully saturated rings. The lowest BCUT2D eigenvalue weighted by Crippen LogP contribution is -2.27. The topological polar surface area (TPSA) is 0 Å². The Morgan fingerprint density at radius 3 is 2.74 bits per heavy atom. The number of hydrogen-bond acceptors (Lipinski definition) is 0. The van der Waals surface area contributed by atoms with Gasteiger partial charge in [-0.1, -0.05) is 41.8 Å². The molecule has 0 aromatic heterocycles. The lowest BCUT2D eigenvalue weighted by atomic mass is 9.77. The maximum absolute atomic E-state index is 13.7. The molecule has 1 aliphatic carbocycles. The van der Waals surface area contributed by atoms with Gasteiger partial charge in [0.2, 0.25) is 0 Å². The van der Waals surface area contributed by atoms with Gasteiger partial charge in [0.1, 0.15) is 11.6 Å². The fraction of sp³-hybridized carbons (Fsp3) is 0.625. The van der Waals surface area contributed by atoms with Gasteiger partial charge >= 0.3 is 0 Å². The SMILES string of the molecule is CCCC1CCC(Br)C(Cc2ccc(F)cc2F)C1. The Morgan fingerprint density at radius 2 is 2.05 bits per heavy atom. The van der Waals surface area contributed by atoms with E-state index in [0.29, 0.717) is 22.7 Å². The molecule has 0 heterocycles. The smallest absolute Gasteiger partial charge is 0.129 e. The van der Waals surface area contributed by atoms with E-state index in [1.165, 1.54) is 25.3 Å². The minimum Gasteiger partial charge on any atom is -0.207 e. The fourth-order valence-corrected chi connectivity index (χ4v) is 3.84. The second-order valence-corrected chi connectivity index (χ2v) is 6.86. The van der Waals surface area contributed by atoms with Crippen LogP contribution in [-0.2, 0) is 6.42 Å². The summed E-state index contributed by atoms with van der Waals surface area (Å²) in [7, 11) is 0. The van der Waals surface area contributed by atoms with E-state index in [1.54, 1.807) is 6.07 Å². The summed E-state index contributed by atoms with van der Waals surface area (Å²) in [6, 6.07) is 3.94. The molecular weight excluding hydrogens is 310 g/mol. The number of alkyl halides is 1. The highest BCUT2D eigenvalue weighted by atomic mass is 79.9. The van der Waals surface area contributed by atoms with Crippen LogP contribution in [0.5, 0.6) is 0 Å². The van der Waals surface area contributed by atoms with Crippen molar-refractivity contribution in [3.63, 3.8) is 0 Å². The van der Waals surface area contributed by atoms with Crippen LogP contribution < -0.4 is 0 Å². The number of hydrogen-bond donors (Lipinski definition) is 0. The standard InChI is InChI=1S/C16H21BrF2/c1-2-3-11-4-7-15(17)13(8-11)9-12-5-6-14(18)10-16(12)19/h5-6,10-11,13,15H,2-4,7-9H2,1H3. The zero-order valence-electron chi connectivity index (χ0n) is 11.3. The molecule has 0 aliphatic heterocycles. The number of benzene rings is 1. The molecule has 0 bridgehead atoms. The second-order valence-electron chi connectivity index (χ2n) is 5.68. The lowest BCUT2D eigenvalue weighted by Gasteiger charge is -2.33. The first-order valence-corrected chi connectivity index (χ1v) is 8.09. The van der Waals surface area contributed by atoms with E-state index >= 15 is 0 Å². The van der Waals surface area contributed by atoms with Crippen molar-refractivity contribution in [2.75, 3.05) is 0 Å². The molecule has 3 atom stereocenters. The van der Waals surface area contributed by atoms with E-state index in [4.69, 9.17) is 0 Å². The third-order valence-electron chi connectivity index (χ3n) is 4.19. The lowest BCUT2D eigenvalue weighted by molar-refractivity contribution is 0.261. The highest BCUT2D eigenvalue weighted by Crippen LogP contribution is 2.38. The molecule has 106 valence electrons. The molecule has 19 heavy (non-hydrogen) atoms. The number of halogens is 3. The van der Waals surface area contributed by atoms with Gasteiger partial charge in [0, 0.05) is 10.9 Å². The molecule has 0 saturated heterocycles. The second kappa shape index (κ2) is 6.83. The van der Waals surface area contributed by atoms with Crippen molar-refractivity contribution in [1.82, 2.24) is 0 Å². The molecule has 0 spiro atoms. The van der Waals surface area contributed by atoms with E-state index in [-0.39, 0.29) is 0 Å². The summed E-state index contributed by atoms with van der Waals surface area (Å²) < 4.78 is 26.6. The maximum Gasteiger partial charge on any atom is 0.129 e. The Labute approximate surface area is 122 Å². The van der Waals surface area contributed by atoms with Crippen molar-refractivity contribution < 1.29 is 8.78 Å². The normalized spacial score (nSPS) is 27.5. The predicted molar refractivity (Wildman–Crippen MR) is 78.5 cm³/mol. The van der Waals surface area contributed by atoms with Crippen LogP contribution >= 0.6 is 15.9 Å². The highest BCUT2D eigenvalue weighted by molar-refractivity contribution is 9.09. The van der Waals surface area contributed by atoms with E-state index in [0.717, 1.165) is 24.8 Å². The summed E-state index contributed by atoms with van der Waals surface area (Å²) >= 11 is 3.73. The molecule has 0 nitrogen and oxygen atoms in total. The molecule has 1 aromatic carbocycles. The molecule has 0 amide bonds. The van der Waals surface area contributed by atoms with E-state index in [9.17, 15) is 8.78 Å². The molecule has 1 saturated carbocycles. The van der Waals surface area contributed by atoms with Crippen LogP contribution in [0.3, 0.4) is 0 Å². The maximum atomic E-state index is 13.7. The minimum atomic E-state index is -0.496. The van der Waals surface area contributed by atoms with Gasteiger partial charge in [-0.05, 0) is 49.1 Å². The Balaban J connectivity index is 2.03. The summed E-state index contributed by atoms with van der Waals surface area (Å²) in [6.45, 7) is 2.22. The average molecular weight is 331 g/mol. The molecule has 3 unspecified atom stereocenters. The largest absolute Gasteiger partial charge is 0.207 e. The molecule has 1 aliphatic rings. The first-order valence-electron chi connectivity index (χ1n) is 7.18. The molecule has 2 rings (SSSR count). The van der Waals surface area contributed by atoms with E-state index in [2.05, 4.69) is 22.9 Å². The van der Waals surface area contributed by atoms with Crippen molar-refractivity contribution >= 4 is 15.9 Å². The molecule has 1 aromatic rings. The van der Waals surface area contributed by atoms with Crippen molar-refractivity contribution in [1.29, 1.82) is 0 Å². The first-order chi connectivity index (χ1) is 9.10. The zero-order chi connectivity index (χ0) is 13.8. The predicted octanol–water partition coefficient (Wildman–Crippen LogP) is 5.49. The van der Waals surface area contributed by atoms with Crippen molar-refractivity contribution in [3.05, 3.63) is 35.4 Å². The third-order valence-corrected chi connectivity index (χ3v) is 5.40. The van der Waals surface area contributed by atoms with Crippen LogP contribution in [0, 0.1) is 23.5 Å². The molecule has 0 N–H and O–H groups in total. The summed E-state index contributed by atoms with van der Waals surface area (Å²) in [4.78, 5) is 0.463. The van der Waals surface area contributed by atoms with Gasteiger partial charge in [0.25, 0.3) is 0 Å². The summed E-state index contributed by atoms with van der Waals surface area (Å²) in [5.74, 6) is 0.332. The Bertz CT molecular complexity index is 419. The quantitative estimate of drug-likeness (QED) is 0.640.